The molecule has 0 atom stereocenters. The summed E-state index contributed by atoms with van der Waals surface area (Å²) in [5.74, 6) is 0.274. The average molecular weight is 260 g/mol. The zero-order valence-corrected chi connectivity index (χ0v) is 11.5. The maximum Gasteiger partial charge on any atom is 0.244 e. The molecule has 1 aromatic rings. The summed E-state index contributed by atoms with van der Waals surface area (Å²) in [6, 6.07) is 1.51. The van der Waals surface area contributed by atoms with Gasteiger partial charge < -0.3 is 9.67 Å². The Balaban J connectivity index is 3.04. The van der Waals surface area contributed by atoms with Gasteiger partial charge in [-0.3, -0.25) is 0 Å². The van der Waals surface area contributed by atoms with Crippen LogP contribution in [-0.2, 0) is 23.7 Å². The van der Waals surface area contributed by atoms with Gasteiger partial charge in [-0.25, -0.2) is 12.7 Å². The Morgan fingerprint density at radius 3 is 2.47 bits per heavy atom. The molecule has 5 nitrogen and oxygen atoms in total. The summed E-state index contributed by atoms with van der Waals surface area (Å²) in [5, 5.41) is 9.05. The van der Waals surface area contributed by atoms with Crippen LogP contribution in [-0.4, -0.2) is 36.0 Å². The summed E-state index contributed by atoms with van der Waals surface area (Å²) >= 11 is 0. The van der Waals surface area contributed by atoms with Crippen molar-refractivity contribution in [1.82, 2.24) is 8.87 Å². The van der Waals surface area contributed by atoms with Crippen molar-refractivity contribution in [1.29, 1.82) is 0 Å². The third-order valence-electron chi connectivity index (χ3n) is 2.58. The van der Waals surface area contributed by atoms with Crippen molar-refractivity contribution < 1.29 is 13.5 Å². The van der Waals surface area contributed by atoms with Crippen LogP contribution < -0.4 is 0 Å². The summed E-state index contributed by atoms with van der Waals surface area (Å²) in [6.07, 6.45) is 1.53. The van der Waals surface area contributed by atoms with E-state index < -0.39 is 10.0 Å². The summed E-state index contributed by atoms with van der Waals surface area (Å²) < 4.78 is 27.3. The van der Waals surface area contributed by atoms with Gasteiger partial charge in [0, 0.05) is 32.5 Å². The zero-order chi connectivity index (χ0) is 13.2. The number of aromatic nitrogens is 1. The standard InChI is InChI=1S/C11H20N2O3S/c1-9(2)6-13(4)17(15,16)11-5-10(8-14)12(3)7-11/h5,7,9,14H,6,8H2,1-4H3. The smallest absolute Gasteiger partial charge is 0.244 e. The third kappa shape index (κ3) is 3.08. The van der Waals surface area contributed by atoms with E-state index in [0.29, 0.717) is 12.2 Å². The van der Waals surface area contributed by atoms with Crippen molar-refractivity contribution in [2.75, 3.05) is 13.6 Å². The number of hydrogen-bond acceptors (Lipinski definition) is 3. The fourth-order valence-corrected chi connectivity index (χ4v) is 3.10. The van der Waals surface area contributed by atoms with E-state index in [9.17, 15) is 8.42 Å². The van der Waals surface area contributed by atoms with E-state index in [1.807, 2.05) is 13.8 Å². The van der Waals surface area contributed by atoms with Gasteiger partial charge in [-0.15, -0.1) is 0 Å². The monoisotopic (exact) mass is 260 g/mol. The van der Waals surface area contributed by atoms with Crippen molar-refractivity contribution in [3.8, 4) is 0 Å². The maximum atomic E-state index is 12.2. The Labute approximate surface area is 103 Å². The highest BCUT2D eigenvalue weighted by atomic mass is 32.2. The highest BCUT2D eigenvalue weighted by Crippen LogP contribution is 2.18. The lowest BCUT2D eigenvalue weighted by molar-refractivity contribution is 0.272. The molecule has 0 amide bonds. The first-order chi connectivity index (χ1) is 7.78. The molecule has 0 aromatic carbocycles. The van der Waals surface area contributed by atoms with Crippen LogP contribution in [0.25, 0.3) is 0 Å². The lowest BCUT2D eigenvalue weighted by Gasteiger charge is -2.18. The molecule has 0 aliphatic heterocycles. The topological polar surface area (TPSA) is 62.5 Å². The van der Waals surface area contributed by atoms with Gasteiger partial charge in [0.05, 0.1) is 6.61 Å². The fraction of sp³-hybridized carbons (Fsp3) is 0.636. The highest BCUT2D eigenvalue weighted by molar-refractivity contribution is 7.89. The molecule has 0 radical (unpaired) electrons. The molecule has 1 N–H and O–H groups in total. The van der Waals surface area contributed by atoms with Crippen molar-refractivity contribution in [3.05, 3.63) is 18.0 Å². The van der Waals surface area contributed by atoms with E-state index in [0.717, 1.165) is 0 Å². The third-order valence-corrected chi connectivity index (χ3v) is 4.36. The molecule has 0 bridgehead atoms. The van der Waals surface area contributed by atoms with Crippen LogP contribution >= 0.6 is 0 Å². The van der Waals surface area contributed by atoms with Crippen LogP contribution in [0.5, 0.6) is 0 Å². The van der Waals surface area contributed by atoms with Crippen LogP contribution in [0.4, 0.5) is 0 Å². The second-order valence-corrected chi connectivity index (χ2v) is 6.66. The Morgan fingerprint density at radius 1 is 1.47 bits per heavy atom. The van der Waals surface area contributed by atoms with E-state index in [1.165, 1.54) is 16.6 Å². The number of aryl methyl sites for hydroxylation is 1. The Hall–Kier alpha value is -0.850. The molecule has 0 aliphatic rings. The molecule has 0 saturated carbocycles. The van der Waals surface area contributed by atoms with Gasteiger partial charge in [-0.1, -0.05) is 13.8 Å². The molecule has 98 valence electrons. The van der Waals surface area contributed by atoms with E-state index >= 15 is 0 Å². The first-order valence-electron chi connectivity index (χ1n) is 5.51. The van der Waals surface area contributed by atoms with Crippen molar-refractivity contribution in [2.45, 2.75) is 25.3 Å². The summed E-state index contributed by atoms with van der Waals surface area (Å²) in [5.41, 5.74) is 0.585. The number of rotatable bonds is 5. The van der Waals surface area contributed by atoms with Crippen LogP contribution in [0, 0.1) is 5.92 Å². The molecule has 6 heteroatoms. The first kappa shape index (κ1) is 14.2. The molecule has 17 heavy (non-hydrogen) atoms. The number of sulfonamides is 1. The normalized spacial score (nSPS) is 12.6. The van der Waals surface area contributed by atoms with Crippen molar-refractivity contribution >= 4 is 10.0 Å². The van der Waals surface area contributed by atoms with Gasteiger partial charge >= 0.3 is 0 Å². The Bertz CT molecular complexity index is 477. The second-order valence-electron chi connectivity index (χ2n) is 4.62. The van der Waals surface area contributed by atoms with E-state index in [2.05, 4.69) is 0 Å². The molecule has 0 aliphatic carbocycles. The number of aliphatic hydroxyl groups excluding tert-OH is 1. The molecule has 0 unspecified atom stereocenters. The molecule has 1 rings (SSSR count). The van der Waals surface area contributed by atoms with Gasteiger partial charge in [-0.05, 0) is 12.0 Å². The first-order valence-corrected chi connectivity index (χ1v) is 6.95. The fourth-order valence-electron chi connectivity index (χ4n) is 1.67. The van der Waals surface area contributed by atoms with Crippen molar-refractivity contribution in [2.24, 2.45) is 13.0 Å². The zero-order valence-electron chi connectivity index (χ0n) is 10.7. The van der Waals surface area contributed by atoms with Crippen molar-refractivity contribution in [3.63, 3.8) is 0 Å². The van der Waals surface area contributed by atoms with Crippen LogP contribution in [0.3, 0.4) is 0 Å². The second kappa shape index (κ2) is 5.20. The maximum absolute atomic E-state index is 12.2. The summed E-state index contributed by atoms with van der Waals surface area (Å²) in [6.45, 7) is 4.25. The summed E-state index contributed by atoms with van der Waals surface area (Å²) in [4.78, 5) is 0.229. The van der Waals surface area contributed by atoms with E-state index in [4.69, 9.17) is 5.11 Å². The minimum Gasteiger partial charge on any atom is -0.390 e. The molecule has 1 aromatic heterocycles. The number of nitrogens with zero attached hydrogens (tertiary/aromatic N) is 2. The van der Waals surface area contributed by atoms with Gasteiger partial charge in [0.2, 0.25) is 10.0 Å². The van der Waals surface area contributed by atoms with Gasteiger partial charge in [0.1, 0.15) is 4.90 Å². The highest BCUT2D eigenvalue weighted by Gasteiger charge is 2.23. The van der Waals surface area contributed by atoms with Crippen LogP contribution in [0.15, 0.2) is 17.2 Å². The van der Waals surface area contributed by atoms with Gasteiger partial charge in [0.15, 0.2) is 0 Å². The summed E-state index contributed by atoms with van der Waals surface area (Å²) in [7, 11) is -0.159. The molecule has 0 fully saturated rings. The minimum absolute atomic E-state index is 0.167. The van der Waals surface area contributed by atoms with E-state index in [1.54, 1.807) is 18.7 Å². The Kier molecular flexibility index (Phi) is 4.35. The Morgan fingerprint density at radius 2 is 2.06 bits per heavy atom. The molecular weight excluding hydrogens is 240 g/mol. The largest absolute Gasteiger partial charge is 0.390 e. The average Bonchev–Trinajstić information content (AvgIpc) is 2.59. The molecule has 1 heterocycles. The quantitative estimate of drug-likeness (QED) is 0.851. The van der Waals surface area contributed by atoms with Crippen LogP contribution in [0.1, 0.15) is 19.5 Å². The number of hydrogen-bond donors (Lipinski definition) is 1. The van der Waals surface area contributed by atoms with Crippen LogP contribution in [0.2, 0.25) is 0 Å². The molecular formula is C11H20N2O3S. The van der Waals surface area contributed by atoms with Gasteiger partial charge in [0.25, 0.3) is 0 Å². The lowest BCUT2D eigenvalue weighted by Crippen LogP contribution is -2.30. The predicted octanol–water partition coefficient (Wildman–Crippen LogP) is 0.794. The van der Waals surface area contributed by atoms with E-state index in [-0.39, 0.29) is 17.4 Å². The molecule has 0 saturated heterocycles. The van der Waals surface area contributed by atoms with Gasteiger partial charge in [-0.2, -0.15) is 0 Å². The SMILES string of the molecule is CC(C)CN(C)S(=O)(=O)c1cc(CO)n(C)c1. The predicted molar refractivity (Wildman–Crippen MR) is 66.0 cm³/mol. The minimum atomic E-state index is -3.44. The molecule has 0 spiro atoms. The lowest BCUT2D eigenvalue weighted by atomic mass is 10.2. The number of aliphatic hydroxyl groups is 1.